The summed E-state index contributed by atoms with van der Waals surface area (Å²) in [4.78, 5) is 10.7. The number of hydrogen-bond donors (Lipinski definition) is 2. The van der Waals surface area contributed by atoms with Crippen LogP contribution in [0.2, 0.25) is 0 Å². The van der Waals surface area contributed by atoms with Crippen LogP contribution >= 0.6 is 0 Å². The first-order valence-electron chi connectivity index (χ1n) is 5.24. The van der Waals surface area contributed by atoms with Crippen molar-refractivity contribution in [1.82, 2.24) is 4.72 Å². The molecule has 0 fully saturated rings. The van der Waals surface area contributed by atoms with Crippen LogP contribution in [0, 0.1) is 17.8 Å². The summed E-state index contributed by atoms with van der Waals surface area (Å²) in [7, 11) is -3.61. The molecule has 0 bridgehead atoms. The largest absolute Gasteiger partial charge is 0.480 e. The maximum Gasteiger partial charge on any atom is 0.322 e. The Kier molecular flexibility index (Phi) is 5.66. The lowest BCUT2D eigenvalue weighted by Crippen LogP contribution is -2.42. The summed E-state index contributed by atoms with van der Waals surface area (Å²) in [6.45, 7) is 5.75. The van der Waals surface area contributed by atoms with Crippen molar-refractivity contribution in [2.75, 3.05) is 5.75 Å². The first kappa shape index (κ1) is 15.9. The van der Waals surface area contributed by atoms with Gasteiger partial charge in [0.2, 0.25) is 10.0 Å². The normalized spacial score (nSPS) is 14.0. The Balaban J connectivity index is 4.53. The molecule has 0 saturated carbocycles. The van der Waals surface area contributed by atoms with Gasteiger partial charge in [-0.1, -0.05) is 20.8 Å². The molecular weight excluding hydrogens is 242 g/mol. The van der Waals surface area contributed by atoms with Gasteiger partial charge in [0, 0.05) is 6.42 Å². The molecule has 0 saturated heterocycles. The number of carboxylic acids is 1. The molecule has 0 radical (unpaired) electrons. The van der Waals surface area contributed by atoms with Crippen LogP contribution in [-0.2, 0) is 14.8 Å². The van der Waals surface area contributed by atoms with E-state index in [2.05, 4.69) is 10.6 Å². The van der Waals surface area contributed by atoms with Crippen molar-refractivity contribution in [3.8, 4) is 12.3 Å². The van der Waals surface area contributed by atoms with Crippen LogP contribution in [0.3, 0.4) is 0 Å². The first-order valence-corrected chi connectivity index (χ1v) is 6.89. The van der Waals surface area contributed by atoms with Gasteiger partial charge in [-0.2, -0.15) is 4.72 Å². The maximum atomic E-state index is 11.6. The van der Waals surface area contributed by atoms with Crippen molar-refractivity contribution in [2.24, 2.45) is 5.41 Å². The minimum atomic E-state index is -3.61. The quantitative estimate of drug-likeness (QED) is 0.693. The van der Waals surface area contributed by atoms with Crippen molar-refractivity contribution in [3.05, 3.63) is 0 Å². The molecule has 6 heteroatoms. The van der Waals surface area contributed by atoms with E-state index >= 15 is 0 Å². The van der Waals surface area contributed by atoms with Gasteiger partial charge < -0.3 is 5.11 Å². The van der Waals surface area contributed by atoms with E-state index in [1.807, 2.05) is 20.8 Å². The molecule has 2 N–H and O–H groups in total. The fraction of sp³-hybridized carbons (Fsp3) is 0.727. The van der Waals surface area contributed by atoms with E-state index in [0.717, 1.165) is 0 Å². The number of carboxylic acid groups (broad SMARTS) is 1. The standard InChI is InChI=1S/C11H19NO4S/c1-5-6-9(10(13)14)12-17(15,16)8-7-11(2,3)4/h1,9,12H,6-8H2,2-4H3,(H,13,14). The van der Waals surface area contributed by atoms with Crippen LogP contribution in [-0.4, -0.2) is 31.3 Å². The Hall–Kier alpha value is -1.06. The monoisotopic (exact) mass is 261 g/mol. The van der Waals surface area contributed by atoms with Gasteiger partial charge in [-0.3, -0.25) is 4.79 Å². The molecule has 0 rings (SSSR count). The van der Waals surface area contributed by atoms with Gasteiger partial charge in [0.1, 0.15) is 6.04 Å². The summed E-state index contributed by atoms with van der Waals surface area (Å²) < 4.78 is 25.3. The Morgan fingerprint density at radius 3 is 2.35 bits per heavy atom. The lowest BCUT2D eigenvalue weighted by molar-refractivity contribution is -0.138. The van der Waals surface area contributed by atoms with E-state index in [0.29, 0.717) is 6.42 Å². The Morgan fingerprint density at radius 2 is 2.00 bits per heavy atom. The average Bonchev–Trinajstić information content (AvgIpc) is 2.13. The van der Waals surface area contributed by atoms with E-state index in [-0.39, 0.29) is 17.6 Å². The van der Waals surface area contributed by atoms with Crippen LogP contribution in [0.15, 0.2) is 0 Å². The van der Waals surface area contributed by atoms with Gasteiger partial charge in [-0.15, -0.1) is 12.3 Å². The van der Waals surface area contributed by atoms with Crippen LogP contribution in [0.4, 0.5) is 0 Å². The number of carbonyl (C=O) groups is 1. The van der Waals surface area contributed by atoms with E-state index < -0.39 is 22.0 Å². The zero-order chi connectivity index (χ0) is 13.7. The van der Waals surface area contributed by atoms with Crippen LogP contribution < -0.4 is 4.72 Å². The fourth-order valence-corrected chi connectivity index (χ4v) is 2.63. The molecule has 0 aliphatic heterocycles. The van der Waals surface area contributed by atoms with E-state index in [1.54, 1.807) is 0 Å². The van der Waals surface area contributed by atoms with Gasteiger partial charge in [0.05, 0.1) is 5.75 Å². The summed E-state index contributed by atoms with van der Waals surface area (Å²) in [5.74, 6) is 0.768. The molecule has 1 unspecified atom stereocenters. The topological polar surface area (TPSA) is 83.5 Å². The predicted octanol–water partition coefficient (Wildman–Crippen LogP) is 0.818. The van der Waals surface area contributed by atoms with Crippen molar-refractivity contribution < 1.29 is 18.3 Å². The third kappa shape index (κ3) is 7.77. The highest BCUT2D eigenvalue weighted by Gasteiger charge is 2.24. The minimum Gasteiger partial charge on any atom is -0.480 e. The molecule has 0 aliphatic rings. The zero-order valence-electron chi connectivity index (χ0n) is 10.4. The number of aliphatic carboxylic acids is 1. The number of sulfonamides is 1. The molecule has 0 aromatic carbocycles. The van der Waals surface area contributed by atoms with E-state index in [9.17, 15) is 13.2 Å². The number of rotatable bonds is 6. The highest BCUT2D eigenvalue weighted by Crippen LogP contribution is 2.19. The third-order valence-corrected chi connectivity index (χ3v) is 3.45. The van der Waals surface area contributed by atoms with E-state index in [4.69, 9.17) is 11.5 Å². The van der Waals surface area contributed by atoms with Gasteiger partial charge in [-0.05, 0) is 11.8 Å². The van der Waals surface area contributed by atoms with Crippen LogP contribution in [0.5, 0.6) is 0 Å². The molecule has 5 nitrogen and oxygen atoms in total. The first-order chi connectivity index (χ1) is 7.57. The Morgan fingerprint density at radius 1 is 1.47 bits per heavy atom. The summed E-state index contributed by atoms with van der Waals surface area (Å²) >= 11 is 0. The fourth-order valence-electron chi connectivity index (χ4n) is 1.01. The van der Waals surface area contributed by atoms with Gasteiger partial charge in [0.25, 0.3) is 0 Å². The lowest BCUT2D eigenvalue weighted by atomic mass is 9.94. The molecule has 0 amide bonds. The minimum absolute atomic E-state index is 0.106. The Bertz CT molecular complexity index is 400. The van der Waals surface area contributed by atoms with Gasteiger partial charge >= 0.3 is 5.97 Å². The van der Waals surface area contributed by atoms with Crippen LogP contribution in [0.1, 0.15) is 33.6 Å². The van der Waals surface area contributed by atoms with Crippen molar-refractivity contribution in [1.29, 1.82) is 0 Å². The van der Waals surface area contributed by atoms with Gasteiger partial charge in [-0.25, -0.2) is 8.42 Å². The van der Waals surface area contributed by atoms with Crippen molar-refractivity contribution >= 4 is 16.0 Å². The highest BCUT2D eigenvalue weighted by atomic mass is 32.2. The molecule has 0 heterocycles. The van der Waals surface area contributed by atoms with Gasteiger partial charge in [0.15, 0.2) is 0 Å². The summed E-state index contributed by atoms with van der Waals surface area (Å²) in [6, 6.07) is -1.25. The summed E-state index contributed by atoms with van der Waals surface area (Å²) in [6.07, 6.45) is 5.27. The maximum absolute atomic E-state index is 11.6. The predicted molar refractivity (Wildman–Crippen MR) is 65.9 cm³/mol. The zero-order valence-corrected chi connectivity index (χ0v) is 11.2. The average molecular weight is 261 g/mol. The second-order valence-corrected chi connectivity index (χ2v) is 6.92. The number of hydrogen-bond acceptors (Lipinski definition) is 3. The van der Waals surface area contributed by atoms with Crippen molar-refractivity contribution in [3.63, 3.8) is 0 Å². The second kappa shape index (κ2) is 6.03. The summed E-state index contributed by atoms with van der Waals surface area (Å²) in [5.41, 5.74) is -0.125. The lowest BCUT2D eigenvalue weighted by Gasteiger charge is -2.19. The van der Waals surface area contributed by atoms with Crippen LogP contribution in [0.25, 0.3) is 0 Å². The highest BCUT2D eigenvalue weighted by molar-refractivity contribution is 7.89. The molecule has 0 aromatic heterocycles. The number of nitrogens with one attached hydrogen (secondary N) is 1. The smallest absolute Gasteiger partial charge is 0.322 e. The van der Waals surface area contributed by atoms with E-state index in [1.165, 1.54) is 0 Å². The molecule has 98 valence electrons. The number of terminal acetylenes is 1. The summed E-state index contributed by atoms with van der Waals surface area (Å²) in [5, 5.41) is 8.77. The van der Waals surface area contributed by atoms with Crippen molar-refractivity contribution in [2.45, 2.75) is 39.7 Å². The molecule has 17 heavy (non-hydrogen) atoms. The molecule has 0 aliphatic carbocycles. The molecular formula is C11H19NO4S. The molecule has 0 aromatic rings. The molecule has 1 atom stereocenters. The second-order valence-electron chi connectivity index (χ2n) is 5.05. The Labute approximate surface area is 103 Å². The SMILES string of the molecule is C#CCC(NS(=O)(=O)CCC(C)(C)C)C(=O)O. The third-order valence-electron chi connectivity index (χ3n) is 2.06. The molecule has 0 spiro atoms.